The van der Waals surface area contributed by atoms with E-state index in [4.69, 9.17) is 9.47 Å². The fraction of sp³-hybridized carbons (Fsp3) is 0.556. The first kappa shape index (κ1) is 15.9. The molecule has 1 atom stereocenters. The molecule has 1 N–H and O–H groups in total. The van der Waals surface area contributed by atoms with Crippen LogP contribution in [0.25, 0.3) is 0 Å². The zero-order valence-electron chi connectivity index (χ0n) is 13.1. The van der Waals surface area contributed by atoms with Crippen molar-refractivity contribution in [3.05, 3.63) is 36.4 Å². The van der Waals surface area contributed by atoms with E-state index in [1.54, 1.807) is 0 Å². The molecule has 1 unspecified atom stereocenters. The highest BCUT2D eigenvalue weighted by Crippen LogP contribution is 2.33. The van der Waals surface area contributed by atoms with E-state index in [-0.39, 0.29) is 0 Å². The summed E-state index contributed by atoms with van der Waals surface area (Å²) < 4.78 is 11.3. The van der Waals surface area contributed by atoms with Crippen molar-refractivity contribution in [2.45, 2.75) is 45.1 Å². The van der Waals surface area contributed by atoms with E-state index in [2.05, 4.69) is 31.0 Å². The minimum Gasteiger partial charge on any atom is -0.486 e. The third kappa shape index (κ3) is 4.78. The van der Waals surface area contributed by atoms with E-state index in [9.17, 15) is 0 Å². The summed E-state index contributed by atoms with van der Waals surface area (Å²) in [4.78, 5) is 0. The molecule has 0 spiro atoms. The van der Waals surface area contributed by atoms with Crippen molar-refractivity contribution >= 4 is 0 Å². The van der Waals surface area contributed by atoms with Gasteiger partial charge < -0.3 is 14.8 Å². The van der Waals surface area contributed by atoms with Crippen molar-refractivity contribution in [2.75, 3.05) is 19.8 Å². The summed E-state index contributed by atoms with van der Waals surface area (Å²) in [6.45, 7) is 8.19. The van der Waals surface area contributed by atoms with Gasteiger partial charge in [0.15, 0.2) is 11.5 Å². The van der Waals surface area contributed by atoms with Gasteiger partial charge in [0, 0.05) is 6.04 Å². The molecule has 0 saturated heterocycles. The maximum atomic E-state index is 5.69. The van der Waals surface area contributed by atoms with Crippen molar-refractivity contribution in [1.29, 1.82) is 0 Å². The van der Waals surface area contributed by atoms with E-state index in [0.717, 1.165) is 30.9 Å². The van der Waals surface area contributed by atoms with Gasteiger partial charge in [0.05, 0.1) is 0 Å². The monoisotopic (exact) mass is 289 g/mol. The van der Waals surface area contributed by atoms with Crippen LogP contribution in [-0.2, 0) is 0 Å². The highest BCUT2D eigenvalue weighted by molar-refractivity contribution is 5.44. The Hall–Kier alpha value is -1.48. The summed E-state index contributed by atoms with van der Waals surface area (Å²) in [5.41, 5.74) is 1.30. The van der Waals surface area contributed by atoms with Crippen molar-refractivity contribution in [1.82, 2.24) is 5.32 Å². The SMILES string of the molecule is C=CCCCCCC(NCC)c1ccc2c(c1)OCCO2. The Morgan fingerprint density at radius 2 is 2.00 bits per heavy atom. The first-order valence-corrected chi connectivity index (χ1v) is 8.09. The molecule has 1 aromatic carbocycles. The quantitative estimate of drug-likeness (QED) is 0.544. The lowest BCUT2D eigenvalue weighted by Crippen LogP contribution is -2.21. The number of nitrogens with one attached hydrogen (secondary N) is 1. The van der Waals surface area contributed by atoms with Gasteiger partial charge in [0.1, 0.15) is 13.2 Å². The Morgan fingerprint density at radius 1 is 1.19 bits per heavy atom. The molecule has 1 aliphatic heterocycles. The number of hydrogen-bond acceptors (Lipinski definition) is 3. The number of unbranched alkanes of at least 4 members (excludes halogenated alkanes) is 3. The molecule has 0 radical (unpaired) electrons. The van der Waals surface area contributed by atoms with Gasteiger partial charge in [-0.15, -0.1) is 6.58 Å². The Morgan fingerprint density at radius 3 is 2.76 bits per heavy atom. The number of allylic oxidation sites excluding steroid dienone is 1. The summed E-state index contributed by atoms with van der Waals surface area (Å²) in [6.07, 6.45) is 8.02. The first-order chi connectivity index (χ1) is 10.3. The van der Waals surface area contributed by atoms with Gasteiger partial charge in [-0.2, -0.15) is 0 Å². The Bertz CT molecular complexity index is 445. The largest absolute Gasteiger partial charge is 0.486 e. The first-order valence-electron chi connectivity index (χ1n) is 8.09. The standard InChI is InChI=1S/C18H27NO2/c1-3-5-6-7-8-9-16(19-4-2)15-10-11-17-18(14-15)21-13-12-20-17/h3,10-11,14,16,19H,1,4-9,12-13H2,2H3. The number of benzene rings is 1. The Kier molecular flexibility index (Phi) is 6.61. The third-order valence-corrected chi connectivity index (χ3v) is 3.82. The lowest BCUT2D eigenvalue weighted by molar-refractivity contribution is 0.171. The molecule has 0 aliphatic carbocycles. The van der Waals surface area contributed by atoms with Crippen molar-refractivity contribution in [3.8, 4) is 11.5 Å². The summed E-state index contributed by atoms with van der Waals surface area (Å²) in [7, 11) is 0. The number of hydrogen-bond donors (Lipinski definition) is 1. The van der Waals surface area contributed by atoms with E-state index in [0.29, 0.717) is 19.3 Å². The van der Waals surface area contributed by atoms with Gasteiger partial charge in [-0.3, -0.25) is 0 Å². The predicted octanol–water partition coefficient (Wildman–Crippen LogP) is 4.24. The molecule has 0 amide bonds. The number of fused-ring (bicyclic) bond motifs is 1. The van der Waals surface area contributed by atoms with Gasteiger partial charge in [-0.05, 0) is 43.5 Å². The zero-order valence-corrected chi connectivity index (χ0v) is 13.1. The highest BCUT2D eigenvalue weighted by Gasteiger charge is 2.16. The second-order valence-electron chi connectivity index (χ2n) is 5.44. The van der Waals surface area contributed by atoms with Gasteiger partial charge in [-0.1, -0.05) is 31.9 Å². The molecule has 116 valence electrons. The van der Waals surface area contributed by atoms with Crippen LogP contribution in [0.4, 0.5) is 0 Å². The predicted molar refractivity (Wildman–Crippen MR) is 87.1 cm³/mol. The molecule has 1 heterocycles. The van der Waals surface area contributed by atoms with Crippen LogP contribution in [0.2, 0.25) is 0 Å². The maximum absolute atomic E-state index is 5.69. The van der Waals surface area contributed by atoms with Crippen molar-refractivity contribution in [3.63, 3.8) is 0 Å². The second kappa shape index (κ2) is 8.73. The van der Waals surface area contributed by atoms with Gasteiger partial charge >= 0.3 is 0 Å². The normalized spacial score (nSPS) is 14.7. The number of rotatable bonds is 9. The Labute approximate surface area is 128 Å². The van der Waals surface area contributed by atoms with Gasteiger partial charge in [-0.25, -0.2) is 0 Å². The lowest BCUT2D eigenvalue weighted by Gasteiger charge is -2.23. The molecule has 2 rings (SSSR count). The van der Waals surface area contributed by atoms with Crippen LogP contribution >= 0.6 is 0 Å². The van der Waals surface area contributed by atoms with Crippen LogP contribution in [-0.4, -0.2) is 19.8 Å². The molecular formula is C18H27NO2. The minimum absolute atomic E-state index is 0.398. The molecule has 0 saturated carbocycles. The zero-order chi connectivity index (χ0) is 14.9. The molecule has 0 aromatic heterocycles. The molecular weight excluding hydrogens is 262 g/mol. The summed E-state index contributed by atoms with van der Waals surface area (Å²) in [5, 5.41) is 3.58. The van der Waals surface area contributed by atoms with Crippen LogP contribution in [0.5, 0.6) is 11.5 Å². The van der Waals surface area contributed by atoms with E-state index in [1.807, 2.05) is 12.1 Å². The molecule has 1 aliphatic rings. The van der Waals surface area contributed by atoms with Crippen LogP contribution in [0.15, 0.2) is 30.9 Å². The lowest BCUT2D eigenvalue weighted by atomic mass is 9.99. The number of ether oxygens (including phenoxy) is 2. The molecule has 3 nitrogen and oxygen atoms in total. The summed E-state index contributed by atoms with van der Waals surface area (Å²) in [6, 6.07) is 6.72. The molecule has 3 heteroatoms. The van der Waals surface area contributed by atoms with E-state index >= 15 is 0 Å². The topological polar surface area (TPSA) is 30.5 Å². The molecule has 21 heavy (non-hydrogen) atoms. The smallest absolute Gasteiger partial charge is 0.161 e. The van der Waals surface area contributed by atoms with E-state index in [1.165, 1.54) is 24.8 Å². The van der Waals surface area contributed by atoms with E-state index < -0.39 is 0 Å². The maximum Gasteiger partial charge on any atom is 0.161 e. The van der Waals surface area contributed by atoms with Crippen molar-refractivity contribution < 1.29 is 9.47 Å². The van der Waals surface area contributed by atoms with Crippen LogP contribution in [0.1, 0.15) is 50.6 Å². The fourth-order valence-electron chi connectivity index (χ4n) is 2.72. The molecule has 1 aromatic rings. The summed E-state index contributed by atoms with van der Waals surface area (Å²) in [5.74, 6) is 1.75. The minimum atomic E-state index is 0.398. The van der Waals surface area contributed by atoms with Crippen LogP contribution in [0.3, 0.4) is 0 Å². The molecule has 0 fully saturated rings. The third-order valence-electron chi connectivity index (χ3n) is 3.82. The molecule has 0 bridgehead atoms. The van der Waals surface area contributed by atoms with Gasteiger partial charge in [0.25, 0.3) is 0 Å². The van der Waals surface area contributed by atoms with Gasteiger partial charge in [0.2, 0.25) is 0 Å². The van der Waals surface area contributed by atoms with Crippen LogP contribution < -0.4 is 14.8 Å². The Balaban J connectivity index is 1.95. The second-order valence-corrected chi connectivity index (χ2v) is 5.44. The average molecular weight is 289 g/mol. The fourth-order valence-corrected chi connectivity index (χ4v) is 2.72. The van der Waals surface area contributed by atoms with Crippen LogP contribution in [0, 0.1) is 0 Å². The summed E-state index contributed by atoms with van der Waals surface area (Å²) >= 11 is 0. The average Bonchev–Trinajstić information content (AvgIpc) is 2.53. The highest BCUT2D eigenvalue weighted by atomic mass is 16.6. The van der Waals surface area contributed by atoms with Crippen molar-refractivity contribution in [2.24, 2.45) is 0 Å².